The molecule has 4 aromatic rings. The van der Waals surface area contributed by atoms with Gasteiger partial charge in [-0.3, -0.25) is 0 Å². The van der Waals surface area contributed by atoms with E-state index in [1.807, 2.05) is 48.3 Å². The van der Waals surface area contributed by atoms with Crippen LogP contribution in [-0.2, 0) is 0 Å². The number of anilines is 2. The second-order valence-electron chi connectivity index (χ2n) is 5.69. The quantitative estimate of drug-likeness (QED) is 0.513. The molecule has 0 bridgehead atoms. The van der Waals surface area contributed by atoms with Crippen molar-refractivity contribution in [1.82, 2.24) is 0 Å². The number of rotatable bonds is 2. The van der Waals surface area contributed by atoms with Crippen LogP contribution in [0, 0.1) is 0 Å². The van der Waals surface area contributed by atoms with Crippen LogP contribution in [0.5, 0.6) is 11.5 Å². The van der Waals surface area contributed by atoms with Crippen LogP contribution in [0.15, 0.2) is 60.7 Å². The normalized spacial score (nSPS) is 10.6. The number of nitrogens with one attached hydrogen (secondary N) is 2. The first kappa shape index (κ1) is 17.3. The van der Waals surface area contributed by atoms with Crippen LogP contribution in [0.25, 0.3) is 21.8 Å². The average Bonchev–Trinajstić information content (AvgIpc) is 2.61. The molecular formula is C19H15MgN3O2+2. The van der Waals surface area contributed by atoms with E-state index in [9.17, 15) is 10.2 Å². The van der Waals surface area contributed by atoms with Crippen molar-refractivity contribution in [2.24, 2.45) is 0 Å². The minimum absolute atomic E-state index is 0. The number of H-pyrrole nitrogens is 2. The third-order valence-electron chi connectivity index (χ3n) is 4.19. The third kappa shape index (κ3) is 3.06. The maximum atomic E-state index is 12.0. The second-order valence-corrected chi connectivity index (χ2v) is 5.69. The van der Waals surface area contributed by atoms with Crippen LogP contribution in [0.2, 0.25) is 0 Å². The van der Waals surface area contributed by atoms with E-state index in [-0.39, 0.29) is 34.6 Å². The maximum Gasteiger partial charge on any atom is 2.00 e. The SMILES string of the molecule is CN(c1ccc2cccc([O-])c2[nH+]1)c1ccc2cccc([O-])c2[nH+]1.[Mg+2]. The number of hydrogen-bond donors (Lipinski definition) is 0. The number of para-hydroxylation sites is 2. The Labute approximate surface area is 160 Å². The van der Waals surface area contributed by atoms with Gasteiger partial charge < -0.3 is 10.2 Å². The molecule has 4 rings (SSSR count). The first-order valence-electron chi connectivity index (χ1n) is 7.61. The predicted molar refractivity (Wildman–Crippen MR) is 93.7 cm³/mol. The van der Waals surface area contributed by atoms with Crippen molar-refractivity contribution in [3.05, 3.63) is 60.7 Å². The first-order valence-corrected chi connectivity index (χ1v) is 7.61. The first-order chi connectivity index (χ1) is 11.6. The zero-order valence-electron chi connectivity index (χ0n) is 13.7. The van der Waals surface area contributed by atoms with Gasteiger partial charge in [0.15, 0.2) is 0 Å². The van der Waals surface area contributed by atoms with Crippen molar-refractivity contribution in [2.45, 2.75) is 0 Å². The Morgan fingerprint density at radius 3 is 1.56 bits per heavy atom. The average molecular weight is 342 g/mol. The second kappa shape index (κ2) is 6.74. The van der Waals surface area contributed by atoms with Gasteiger partial charge in [-0.25, -0.2) is 9.97 Å². The summed E-state index contributed by atoms with van der Waals surface area (Å²) in [6.45, 7) is 0. The predicted octanol–water partition coefficient (Wildman–Crippen LogP) is 1.16. The molecule has 118 valence electrons. The Hall–Kier alpha value is -2.57. The van der Waals surface area contributed by atoms with E-state index in [1.165, 1.54) is 12.1 Å². The number of nitrogens with zero attached hydrogens (tertiary/aromatic N) is 1. The zero-order valence-corrected chi connectivity index (χ0v) is 15.2. The molecule has 0 spiro atoms. The molecular weight excluding hydrogens is 327 g/mol. The summed E-state index contributed by atoms with van der Waals surface area (Å²) < 4.78 is 0. The van der Waals surface area contributed by atoms with Crippen molar-refractivity contribution >= 4 is 56.5 Å². The summed E-state index contributed by atoms with van der Waals surface area (Å²) in [5.41, 5.74) is 1.12. The Balaban J connectivity index is 0.00000182. The van der Waals surface area contributed by atoms with E-state index in [2.05, 4.69) is 9.97 Å². The number of hydrogen-bond acceptors (Lipinski definition) is 3. The van der Waals surface area contributed by atoms with Crippen molar-refractivity contribution in [3.63, 3.8) is 0 Å². The van der Waals surface area contributed by atoms with Gasteiger partial charge in [0.05, 0.1) is 7.05 Å². The number of aromatic amines is 2. The molecule has 0 fully saturated rings. The fourth-order valence-corrected chi connectivity index (χ4v) is 2.84. The van der Waals surface area contributed by atoms with Gasteiger partial charge in [-0.05, 0) is 12.1 Å². The molecule has 2 heterocycles. The number of aromatic nitrogens is 2. The van der Waals surface area contributed by atoms with E-state index in [1.54, 1.807) is 12.1 Å². The summed E-state index contributed by atoms with van der Waals surface area (Å²) in [6, 6.07) is 18.0. The molecule has 0 saturated heterocycles. The topological polar surface area (TPSA) is 77.6 Å². The Morgan fingerprint density at radius 2 is 1.12 bits per heavy atom. The molecule has 2 aromatic heterocycles. The van der Waals surface area contributed by atoms with Gasteiger partial charge in [0.25, 0.3) is 11.6 Å². The number of benzene rings is 2. The molecule has 0 saturated carbocycles. The fraction of sp³-hybridized carbons (Fsp3) is 0.0526. The summed E-state index contributed by atoms with van der Waals surface area (Å²) in [7, 11) is 1.87. The number of fused-ring (bicyclic) bond motifs is 2. The minimum Gasteiger partial charge on any atom is -0.870 e. The van der Waals surface area contributed by atoms with Crippen molar-refractivity contribution in [3.8, 4) is 11.5 Å². The Kier molecular flexibility index (Phi) is 4.65. The van der Waals surface area contributed by atoms with Crippen molar-refractivity contribution in [2.75, 3.05) is 11.9 Å². The Morgan fingerprint density at radius 1 is 0.680 bits per heavy atom. The summed E-state index contributed by atoms with van der Waals surface area (Å²) in [4.78, 5) is 8.22. The summed E-state index contributed by atoms with van der Waals surface area (Å²) in [6.07, 6.45) is 0. The largest absolute Gasteiger partial charge is 2.00 e. The van der Waals surface area contributed by atoms with Crippen LogP contribution < -0.4 is 25.1 Å². The molecule has 0 aliphatic carbocycles. The summed E-state index contributed by atoms with van der Waals surface area (Å²) in [5.74, 6) is 1.41. The molecule has 0 unspecified atom stereocenters. The van der Waals surface area contributed by atoms with Gasteiger partial charge in [-0.2, -0.15) is 4.90 Å². The van der Waals surface area contributed by atoms with Crippen LogP contribution >= 0.6 is 0 Å². The van der Waals surface area contributed by atoms with Gasteiger partial charge in [0.1, 0.15) is 11.0 Å². The van der Waals surface area contributed by atoms with E-state index < -0.39 is 0 Å². The van der Waals surface area contributed by atoms with Gasteiger partial charge in [0.2, 0.25) is 0 Å². The molecule has 0 aliphatic heterocycles. The minimum atomic E-state index is -0.0490. The smallest absolute Gasteiger partial charge is 0.870 e. The van der Waals surface area contributed by atoms with Crippen LogP contribution in [0.4, 0.5) is 11.6 Å². The van der Waals surface area contributed by atoms with Gasteiger partial charge in [-0.15, -0.1) is 0 Å². The zero-order chi connectivity index (χ0) is 16.7. The number of pyridine rings is 2. The molecule has 0 radical (unpaired) electrons. The summed E-state index contributed by atoms with van der Waals surface area (Å²) >= 11 is 0. The molecule has 0 aliphatic rings. The molecule has 25 heavy (non-hydrogen) atoms. The standard InChI is InChI=1S/C19H15N3O2.Mg/c1-22(16-10-8-12-4-2-6-14(23)18(12)20-16)17-11-9-13-5-3-7-15(24)19(13)21-17;/h2-11,23-24H,1H3;/q;+2. The van der Waals surface area contributed by atoms with Crippen LogP contribution in [-0.4, -0.2) is 30.1 Å². The molecule has 6 heteroatoms. The fourth-order valence-electron chi connectivity index (χ4n) is 2.84. The summed E-state index contributed by atoms with van der Waals surface area (Å²) in [5, 5.41) is 25.8. The van der Waals surface area contributed by atoms with E-state index in [0.29, 0.717) is 11.0 Å². The van der Waals surface area contributed by atoms with E-state index in [4.69, 9.17) is 0 Å². The van der Waals surface area contributed by atoms with E-state index >= 15 is 0 Å². The van der Waals surface area contributed by atoms with Crippen molar-refractivity contribution < 1.29 is 20.2 Å². The monoisotopic (exact) mass is 341 g/mol. The molecule has 0 atom stereocenters. The van der Waals surface area contributed by atoms with Gasteiger partial charge >= 0.3 is 23.1 Å². The van der Waals surface area contributed by atoms with Crippen LogP contribution in [0.3, 0.4) is 0 Å². The van der Waals surface area contributed by atoms with Gasteiger partial charge in [-0.1, -0.05) is 47.9 Å². The van der Waals surface area contributed by atoms with Crippen LogP contribution in [0.1, 0.15) is 0 Å². The maximum absolute atomic E-state index is 12.0. The molecule has 5 nitrogen and oxygen atoms in total. The van der Waals surface area contributed by atoms with Crippen molar-refractivity contribution in [1.29, 1.82) is 0 Å². The molecule has 0 amide bonds. The van der Waals surface area contributed by atoms with Gasteiger partial charge in [0, 0.05) is 22.9 Å². The molecule has 2 aromatic carbocycles. The third-order valence-corrected chi connectivity index (χ3v) is 4.19. The molecule has 2 N–H and O–H groups in total. The Bertz CT molecular complexity index is 984. The van der Waals surface area contributed by atoms with E-state index in [0.717, 1.165) is 22.4 Å².